The monoisotopic (exact) mass is 498 g/mol. The van der Waals surface area contributed by atoms with Gasteiger partial charge in [-0.1, -0.05) is 13.8 Å². The smallest absolute Gasteiger partial charge is 0.356 e. The van der Waals surface area contributed by atoms with Crippen LogP contribution in [0, 0.1) is 28.6 Å². The Hall–Kier alpha value is -2.88. The van der Waals surface area contributed by atoms with Crippen LogP contribution in [-0.2, 0) is 19.2 Å². The van der Waals surface area contributed by atoms with Gasteiger partial charge in [-0.3, -0.25) is 24.5 Å². The molecule has 4 amide bonds. The van der Waals surface area contributed by atoms with Crippen molar-refractivity contribution in [1.82, 2.24) is 26.2 Å². The van der Waals surface area contributed by atoms with Crippen molar-refractivity contribution in [1.29, 1.82) is 5.26 Å². The summed E-state index contributed by atoms with van der Waals surface area (Å²) in [4.78, 5) is 51.7. The third-order valence-corrected chi connectivity index (χ3v) is 8.13. The summed E-state index contributed by atoms with van der Waals surface area (Å²) in [6, 6.07) is -1.60. The zero-order valence-electron chi connectivity index (χ0n) is 19.9. The molecule has 4 N–H and O–H groups in total. The zero-order valence-corrected chi connectivity index (χ0v) is 19.9. The molecule has 1 aliphatic carbocycles. The van der Waals surface area contributed by atoms with Gasteiger partial charge in [-0.05, 0) is 33.1 Å². The van der Waals surface area contributed by atoms with Crippen LogP contribution in [0.1, 0.15) is 47.0 Å². The second-order valence-corrected chi connectivity index (χ2v) is 11.0. The second-order valence-electron chi connectivity index (χ2n) is 11.0. The topological polar surface area (TPSA) is 143 Å². The summed E-state index contributed by atoms with van der Waals surface area (Å²) in [5.41, 5.74) is -2.66. The van der Waals surface area contributed by atoms with E-state index < -0.39 is 64.6 Å². The lowest BCUT2D eigenvalue weighted by molar-refractivity contribution is -0.178. The third-order valence-electron chi connectivity index (χ3n) is 8.13. The van der Waals surface area contributed by atoms with Crippen molar-refractivity contribution in [3.8, 4) is 6.07 Å². The fourth-order valence-corrected chi connectivity index (χ4v) is 6.26. The highest BCUT2D eigenvalue weighted by atomic mass is 19.4. The summed E-state index contributed by atoms with van der Waals surface area (Å²) in [6.45, 7) is 7.37. The molecule has 0 aromatic heterocycles. The number of piperidine rings is 1. The number of rotatable bonds is 5. The molecule has 0 radical (unpaired) electrons. The van der Waals surface area contributed by atoms with Crippen molar-refractivity contribution in [3.63, 3.8) is 0 Å². The molecular weight excluding hydrogens is 469 g/mol. The SMILES string of the molecule is CC1(C)N[C@@]23[C@@H](C[C@@H](C(=O)N[C@H](C#N)CC4CCNC4=O)N2C(=O)[C@H]1NC(=O)C(F)(F)F)C3(C)C. The van der Waals surface area contributed by atoms with Crippen LogP contribution in [0.5, 0.6) is 0 Å². The van der Waals surface area contributed by atoms with Gasteiger partial charge in [-0.25, -0.2) is 0 Å². The first-order chi connectivity index (χ1) is 16.1. The van der Waals surface area contributed by atoms with Crippen molar-refractivity contribution >= 4 is 23.6 Å². The number of amides is 4. The molecule has 0 bridgehead atoms. The summed E-state index contributed by atoms with van der Waals surface area (Å²) in [5.74, 6) is -4.41. The van der Waals surface area contributed by atoms with Crippen molar-refractivity contribution in [3.05, 3.63) is 0 Å². The van der Waals surface area contributed by atoms with Gasteiger partial charge in [0, 0.05) is 29.3 Å². The van der Waals surface area contributed by atoms with E-state index in [0.29, 0.717) is 13.0 Å². The minimum Gasteiger partial charge on any atom is -0.356 e. The highest BCUT2D eigenvalue weighted by Gasteiger charge is 2.83. The van der Waals surface area contributed by atoms with Gasteiger partial charge in [0.2, 0.25) is 17.7 Å². The van der Waals surface area contributed by atoms with Crippen LogP contribution in [0.3, 0.4) is 0 Å². The standard InChI is InChI=1S/C22H29F3N6O4/c1-19(2)13-8-12(16(33)28-11(9-26)7-10-5-6-27-15(10)32)31-17(34)14(29-18(35)22(23,24)25)20(3,4)30-21(13,19)31/h10-14,30H,5-8H2,1-4H3,(H,27,32)(H,28,33)(H,29,35)/t10?,11-,12-,13-,14+,21-/m0/s1. The summed E-state index contributed by atoms with van der Waals surface area (Å²) in [5, 5.41) is 19.9. The van der Waals surface area contributed by atoms with Crippen LogP contribution in [0.4, 0.5) is 13.2 Å². The van der Waals surface area contributed by atoms with Crippen molar-refractivity contribution in [2.75, 3.05) is 6.54 Å². The van der Waals surface area contributed by atoms with E-state index in [4.69, 9.17) is 0 Å². The van der Waals surface area contributed by atoms with Crippen LogP contribution in [0.15, 0.2) is 0 Å². The number of nitriles is 1. The Morgan fingerprint density at radius 3 is 2.46 bits per heavy atom. The van der Waals surface area contributed by atoms with Gasteiger partial charge in [0.05, 0.1) is 6.07 Å². The first-order valence-corrected chi connectivity index (χ1v) is 11.6. The summed E-state index contributed by atoms with van der Waals surface area (Å²) >= 11 is 0. The minimum atomic E-state index is -5.18. The lowest BCUT2D eigenvalue weighted by Crippen LogP contribution is -2.78. The van der Waals surface area contributed by atoms with Crippen molar-refractivity contribution in [2.24, 2.45) is 17.3 Å². The molecule has 13 heteroatoms. The maximum atomic E-state index is 13.6. The molecule has 3 heterocycles. The van der Waals surface area contributed by atoms with E-state index in [1.807, 2.05) is 19.9 Å². The van der Waals surface area contributed by atoms with E-state index in [9.17, 15) is 37.6 Å². The number of carbonyl (C=O) groups excluding carboxylic acids is 4. The first kappa shape index (κ1) is 25.2. The lowest BCUT2D eigenvalue weighted by Gasteiger charge is -2.51. The van der Waals surface area contributed by atoms with Gasteiger partial charge in [0.15, 0.2) is 0 Å². The Morgan fingerprint density at radius 1 is 1.26 bits per heavy atom. The highest BCUT2D eigenvalue weighted by molar-refractivity contribution is 5.96. The predicted octanol–water partition coefficient (Wildman–Crippen LogP) is -0.0969. The Kier molecular flexibility index (Phi) is 5.63. The number of nitrogens with zero attached hydrogens (tertiary/aromatic N) is 2. The summed E-state index contributed by atoms with van der Waals surface area (Å²) in [6.07, 6.45) is -4.28. The fourth-order valence-electron chi connectivity index (χ4n) is 6.26. The van der Waals surface area contributed by atoms with Crippen molar-refractivity contribution in [2.45, 2.75) is 82.5 Å². The average Bonchev–Trinajstić information content (AvgIpc) is 3.10. The number of alkyl halides is 3. The van der Waals surface area contributed by atoms with Gasteiger partial charge in [0.25, 0.3) is 0 Å². The van der Waals surface area contributed by atoms with Crippen LogP contribution < -0.4 is 21.3 Å². The Morgan fingerprint density at radius 2 is 1.91 bits per heavy atom. The zero-order chi connectivity index (χ0) is 26.1. The number of nitrogens with one attached hydrogen (secondary N) is 4. The van der Waals surface area contributed by atoms with Crippen LogP contribution in [0.25, 0.3) is 0 Å². The molecule has 1 saturated carbocycles. The molecule has 35 heavy (non-hydrogen) atoms. The number of hydrogen-bond acceptors (Lipinski definition) is 6. The number of carbonyl (C=O) groups is 4. The Bertz CT molecular complexity index is 1020. The van der Waals surface area contributed by atoms with Gasteiger partial charge in [0.1, 0.15) is 23.8 Å². The van der Waals surface area contributed by atoms with E-state index in [0.717, 1.165) is 0 Å². The van der Waals surface area contributed by atoms with E-state index >= 15 is 0 Å². The van der Waals surface area contributed by atoms with Crippen LogP contribution in [0.2, 0.25) is 0 Å². The third kappa shape index (κ3) is 3.73. The molecule has 1 unspecified atom stereocenters. The maximum absolute atomic E-state index is 13.6. The van der Waals surface area contributed by atoms with Gasteiger partial charge in [-0.2, -0.15) is 18.4 Å². The van der Waals surface area contributed by atoms with E-state index in [2.05, 4.69) is 16.0 Å². The lowest BCUT2D eigenvalue weighted by atomic mass is 9.86. The minimum absolute atomic E-state index is 0.115. The quantitative estimate of drug-likeness (QED) is 0.417. The highest BCUT2D eigenvalue weighted by Crippen LogP contribution is 2.71. The molecule has 1 spiro atoms. The Labute approximate surface area is 200 Å². The van der Waals surface area contributed by atoms with E-state index in [1.54, 1.807) is 5.32 Å². The molecule has 6 atom stereocenters. The predicted molar refractivity (Wildman–Crippen MR) is 114 cm³/mol. The second kappa shape index (κ2) is 7.81. The Balaban J connectivity index is 1.57. The van der Waals surface area contributed by atoms with E-state index in [1.165, 1.54) is 18.7 Å². The molecule has 192 valence electrons. The molecule has 4 aliphatic rings. The molecule has 0 aromatic carbocycles. The molecule has 3 aliphatic heterocycles. The van der Waals surface area contributed by atoms with E-state index in [-0.39, 0.29) is 24.7 Å². The number of halogens is 3. The molecule has 0 aromatic rings. The van der Waals surface area contributed by atoms with Crippen molar-refractivity contribution < 1.29 is 32.3 Å². The molecular formula is C22H29F3N6O4. The average molecular weight is 499 g/mol. The van der Waals surface area contributed by atoms with Crippen LogP contribution >= 0.6 is 0 Å². The van der Waals surface area contributed by atoms with Gasteiger partial charge in [-0.15, -0.1) is 0 Å². The molecule has 4 fully saturated rings. The molecule has 4 rings (SSSR count). The maximum Gasteiger partial charge on any atom is 0.471 e. The number of hydrogen-bond donors (Lipinski definition) is 4. The molecule has 3 saturated heterocycles. The molecule has 10 nitrogen and oxygen atoms in total. The van der Waals surface area contributed by atoms with Gasteiger partial charge < -0.3 is 20.9 Å². The largest absolute Gasteiger partial charge is 0.471 e. The normalized spacial score (nSPS) is 35.3. The van der Waals surface area contributed by atoms with Crippen LogP contribution in [-0.4, -0.2) is 70.6 Å². The summed E-state index contributed by atoms with van der Waals surface area (Å²) < 4.78 is 38.9. The summed E-state index contributed by atoms with van der Waals surface area (Å²) in [7, 11) is 0. The first-order valence-electron chi connectivity index (χ1n) is 11.6. The fraction of sp³-hybridized carbons (Fsp3) is 0.773. The van der Waals surface area contributed by atoms with Gasteiger partial charge >= 0.3 is 12.1 Å².